The summed E-state index contributed by atoms with van der Waals surface area (Å²) in [5.41, 5.74) is 2.57. The number of aryl methyl sites for hydroxylation is 1. The number of hydrogen-bond donors (Lipinski definition) is 1. The summed E-state index contributed by atoms with van der Waals surface area (Å²) >= 11 is 1.85. The summed E-state index contributed by atoms with van der Waals surface area (Å²) in [6.45, 7) is 3.10. The van der Waals surface area contributed by atoms with E-state index in [-0.39, 0.29) is 6.04 Å². The molecule has 1 aromatic carbocycles. The number of benzene rings is 1. The van der Waals surface area contributed by atoms with Gasteiger partial charge < -0.3 is 14.8 Å². The van der Waals surface area contributed by atoms with Gasteiger partial charge in [0.2, 0.25) is 0 Å². The Kier molecular flexibility index (Phi) is 3.68. The molecule has 1 aromatic heterocycles. The minimum atomic E-state index is 0.261. The fourth-order valence-electron chi connectivity index (χ4n) is 2.85. The Morgan fingerprint density at radius 1 is 1.15 bits per heavy atom. The lowest BCUT2D eigenvalue weighted by atomic mass is 9.92. The van der Waals surface area contributed by atoms with Gasteiger partial charge in [0.1, 0.15) is 0 Å². The van der Waals surface area contributed by atoms with Gasteiger partial charge in [0.25, 0.3) is 0 Å². The Bertz CT molecular complexity index is 621. The van der Waals surface area contributed by atoms with E-state index in [1.54, 1.807) is 14.2 Å². The van der Waals surface area contributed by atoms with E-state index in [4.69, 9.17) is 9.47 Å². The van der Waals surface area contributed by atoms with Crippen molar-refractivity contribution in [2.45, 2.75) is 19.4 Å². The number of fused-ring (bicyclic) bond motifs is 1. The van der Waals surface area contributed by atoms with Crippen molar-refractivity contribution in [2.75, 3.05) is 20.8 Å². The van der Waals surface area contributed by atoms with Crippen LogP contribution in [0.4, 0.5) is 0 Å². The summed E-state index contributed by atoms with van der Waals surface area (Å²) in [5, 5.41) is 3.61. The van der Waals surface area contributed by atoms with E-state index in [2.05, 4.69) is 30.4 Å². The van der Waals surface area contributed by atoms with Crippen LogP contribution in [0.15, 0.2) is 24.3 Å². The van der Waals surface area contributed by atoms with Crippen LogP contribution in [0.25, 0.3) is 0 Å². The van der Waals surface area contributed by atoms with E-state index < -0.39 is 0 Å². The first-order valence-corrected chi connectivity index (χ1v) is 7.59. The van der Waals surface area contributed by atoms with Gasteiger partial charge in [0, 0.05) is 21.9 Å². The van der Waals surface area contributed by atoms with Gasteiger partial charge in [-0.15, -0.1) is 11.3 Å². The average molecular weight is 289 g/mol. The highest BCUT2D eigenvalue weighted by molar-refractivity contribution is 7.12. The van der Waals surface area contributed by atoms with Gasteiger partial charge in [-0.05, 0) is 37.1 Å². The van der Waals surface area contributed by atoms with Crippen LogP contribution in [0.1, 0.15) is 26.9 Å². The van der Waals surface area contributed by atoms with Crippen molar-refractivity contribution in [1.29, 1.82) is 0 Å². The van der Waals surface area contributed by atoms with Gasteiger partial charge >= 0.3 is 0 Å². The lowest BCUT2D eigenvalue weighted by molar-refractivity contribution is 0.348. The molecular formula is C16H19NO2S. The first-order chi connectivity index (χ1) is 9.74. The van der Waals surface area contributed by atoms with Crippen molar-refractivity contribution in [3.63, 3.8) is 0 Å². The summed E-state index contributed by atoms with van der Waals surface area (Å²) in [6, 6.07) is 8.80. The van der Waals surface area contributed by atoms with Crippen molar-refractivity contribution in [1.82, 2.24) is 5.32 Å². The van der Waals surface area contributed by atoms with E-state index in [1.165, 1.54) is 20.9 Å². The number of rotatable bonds is 3. The van der Waals surface area contributed by atoms with E-state index >= 15 is 0 Å². The SMILES string of the molecule is COc1ccc2c(c1OC)CCNC2c1ccc(C)s1. The Balaban J connectivity index is 2.09. The molecule has 1 aliphatic rings. The van der Waals surface area contributed by atoms with Crippen LogP contribution >= 0.6 is 11.3 Å². The number of hydrogen-bond acceptors (Lipinski definition) is 4. The zero-order chi connectivity index (χ0) is 14.1. The van der Waals surface area contributed by atoms with E-state index in [0.29, 0.717) is 0 Å². The summed E-state index contributed by atoms with van der Waals surface area (Å²) in [6.07, 6.45) is 0.969. The second kappa shape index (κ2) is 5.46. The molecule has 0 saturated carbocycles. The second-order valence-corrected chi connectivity index (χ2v) is 6.27. The smallest absolute Gasteiger partial charge is 0.164 e. The number of nitrogens with one attached hydrogen (secondary N) is 1. The van der Waals surface area contributed by atoms with Crippen molar-refractivity contribution in [3.8, 4) is 11.5 Å². The zero-order valence-electron chi connectivity index (χ0n) is 12.0. The number of thiophene rings is 1. The molecule has 1 aliphatic heterocycles. The third kappa shape index (κ3) is 2.19. The largest absolute Gasteiger partial charge is 0.493 e. The summed E-state index contributed by atoms with van der Waals surface area (Å²) in [4.78, 5) is 2.70. The third-order valence-electron chi connectivity index (χ3n) is 3.76. The van der Waals surface area contributed by atoms with Crippen molar-refractivity contribution in [2.24, 2.45) is 0 Å². The van der Waals surface area contributed by atoms with Crippen LogP contribution in [0.5, 0.6) is 11.5 Å². The van der Waals surface area contributed by atoms with Crippen LogP contribution in [0.2, 0.25) is 0 Å². The summed E-state index contributed by atoms with van der Waals surface area (Å²) < 4.78 is 11.0. The van der Waals surface area contributed by atoms with Crippen LogP contribution in [-0.2, 0) is 6.42 Å². The van der Waals surface area contributed by atoms with Crippen molar-refractivity contribution in [3.05, 3.63) is 45.1 Å². The Labute approximate surface area is 123 Å². The predicted molar refractivity (Wildman–Crippen MR) is 82.2 cm³/mol. The predicted octanol–water partition coefficient (Wildman–Crippen LogP) is 3.31. The van der Waals surface area contributed by atoms with Crippen LogP contribution in [-0.4, -0.2) is 20.8 Å². The fraction of sp³-hybridized carbons (Fsp3) is 0.375. The molecule has 20 heavy (non-hydrogen) atoms. The lowest BCUT2D eigenvalue weighted by Crippen LogP contribution is -2.30. The molecule has 106 valence electrons. The molecule has 2 heterocycles. The first-order valence-electron chi connectivity index (χ1n) is 6.78. The van der Waals surface area contributed by atoms with Crippen LogP contribution < -0.4 is 14.8 Å². The highest BCUT2D eigenvalue weighted by atomic mass is 32.1. The summed E-state index contributed by atoms with van der Waals surface area (Å²) in [7, 11) is 3.40. The van der Waals surface area contributed by atoms with Gasteiger partial charge in [-0.2, -0.15) is 0 Å². The molecular weight excluding hydrogens is 270 g/mol. The van der Waals surface area contributed by atoms with E-state index in [1.807, 2.05) is 17.4 Å². The van der Waals surface area contributed by atoms with Crippen molar-refractivity contribution >= 4 is 11.3 Å². The first kappa shape index (κ1) is 13.5. The van der Waals surface area contributed by atoms with Crippen LogP contribution in [0.3, 0.4) is 0 Å². The molecule has 0 spiro atoms. The van der Waals surface area contributed by atoms with Gasteiger partial charge in [0.05, 0.1) is 20.3 Å². The topological polar surface area (TPSA) is 30.5 Å². The molecule has 0 radical (unpaired) electrons. The van der Waals surface area contributed by atoms with Gasteiger partial charge in [-0.1, -0.05) is 6.07 Å². The lowest BCUT2D eigenvalue weighted by Gasteiger charge is -2.28. The number of ether oxygens (including phenoxy) is 2. The Morgan fingerprint density at radius 3 is 2.65 bits per heavy atom. The third-order valence-corrected chi connectivity index (χ3v) is 4.83. The van der Waals surface area contributed by atoms with Gasteiger partial charge in [0.15, 0.2) is 11.5 Å². The Hall–Kier alpha value is -1.52. The minimum absolute atomic E-state index is 0.261. The van der Waals surface area contributed by atoms with E-state index in [0.717, 1.165) is 24.5 Å². The van der Waals surface area contributed by atoms with Crippen LogP contribution in [0, 0.1) is 6.92 Å². The molecule has 1 unspecified atom stereocenters. The summed E-state index contributed by atoms with van der Waals surface area (Å²) in [5.74, 6) is 1.69. The highest BCUT2D eigenvalue weighted by Crippen LogP contribution is 2.40. The van der Waals surface area contributed by atoms with E-state index in [9.17, 15) is 0 Å². The standard InChI is InChI=1S/C16H19NO2S/c1-10-4-7-14(20-10)15-11-5-6-13(18-2)16(19-3)12(11)8-9-17-15/h4-7,15,17H,8-9H2,1-3H3. The molecule has 0 fully saturated rings. The molecule has 2 aromatic rings. The van der Waals surface area contributed by atoms with Gasteiger partial charge in [-0.3, -0.25) is 0 Å². The fourth-order valence-corrected chi connectivity index (χ4v) is 3.82. The minimum Gasteiger partial charge on any atom is -0.493 e. The molecule has 1 N–H and O–H groups in total. The molecule has 0 amide bonds. The average Bonchev–Trinajstić information content (AvgIpc) is 2.91. The van der Waals surface area contributed by atoms with Gasteiger partial charge in [-0.25, -0.2) is 0 Å². The molecule has 3 nitrogen and oxygen atoms in total. The zero-order valence-corrected chi connectivity index (χ0v) is 12.8. The second-order valence-electron chi connectivity index (χ2n) is 4.95. The number of methoxy groups -OCH3 is 2. The molecule has 1 atom stereocenters. The maximum absolute atomic E-state index is 5.57. The van der Waals surface area contributed by atoms with Crippen molar-refractivity contribution < 1.29 is 9.47 Å². The highest BCUT2D eigenvalue weighted by Gasteiger charge is 2.26. The molecule has 4 heteroatoms. The Morgan fingerprint density at radius 2 is 2.00 bits per heavy atom. The molecule has 0 saturated heterocycles. The molecule has 3 rings (SSSR count). The quantitative estimate of drug-likeness (QED) is 0.940. The maximum Gasteiger partial charge on any atom is 0.164 e. The molecule has 0 aliphatic carbocycles. The molecule has 0 bridgehead atoms. The normalized spacial score (nSPS) is 17.6. The maximum atomic E-state index is 5.57. The monoisotopic (exact) mass is 289 g/mol.